The number of rotatable bonds is 2. The first kappa shape index (κ1) is 13.4. The van der Waals surface area contributed by atoms with Gasteiger partial charge in [-0.2, -0.15) is 0 Å². The maximum absolute atomic E-state index is 10.3. The van der Waals surface area contributed by atoms with Crippen LogP contribution in [0.3, 0.4) is 0 Å². The maximum Gasteiger partial charge on any atom is 0.0583 e. The first-order valence-electron chi connectivity index (χ1n) is 7.43. The van der Waals surface area contributed by atoms with E-state index in [4.69, 9.17) is 0 Å². The fraction of sp³-hybridized carbons (Fsp3) is 1.00. The number of aliphatic hydroxyl groups excluding tert-OH is 1. The summed E-state index contributed by atoms with van der Waals surface area (Å²) in [6.45, 7) is 8.15. The smallest absolute Gasteiger partial charge is 0.0583 e. The third-order valence-electron chi connectivity index (χ3n) is 5.04. The molecule has 1 saturated heterocycles. The van der Waals surface area contributed by atoms with Gasteiger partial charge in [0.2, 0.25) is 0 Å². The Kier molecular flexibility index (Phi) is 4.14. The Bertz CT molecular complexity index is 251. The highest BCUT2D eigenvalue weighted by Crippen LogP contribution is 2.42. The molecule has 2 aliphatic rings. The third kappa shape index (κ3) is 3.23. The fourth-order valence-corrected chi connectivity index (χ4v) is 3.77. The lowest BCUT2D eigenvalue weighted by Crippen LogP contribution is -2.50. The van der Waals surface area contributed by atoms with E-state index < -0.39 is 0 Å². The number of piperidine rings is 1. The molecule has 1 aliphatic heterocycles. The lowest BCUT2D eigenvalue weighted by atomic mass is 9.67. The van der Waals surface area contributed by atoms with Gasteiger partial charge in [-0.05, 0) is 50.0 Å². The highest BCUT2D eigenvalue weighted by Gasteiger charge is 2.39. The SMILES string of the molecule is CCC1CCNC(C2CC(C)(C)CCC2O)C1. The molecule has 0 spiro atoms. The third-order valence-corrected chi connectivity index (χ3v) is 5.04. The van der Waals surface area contributed by atoms with Crippen molar-refractivity contribution in [3.8, 4) is 0 Å². The van der Waals surface area contributed by atoms with Crippen molar-refractivity contribution in [2.45, 2.75) is 71.4 Å². The summed E-state index contributed by atoms with van der Waals surface area (Å²) in [7, 11) is 0. The van der Waals surface area contributed by atoms with Crippen LogP contribution in [0.2, 0.25) is 0 Å². The van der Waals surface area contributed by atoms with Crippen LogP contribution in [0.25, 0.3) is 0 Å². The van der Waals surface area contributed by atoms with Crippen LogP contribution in [0.1, 0.15) is 59.3 Å². The minimum atomic E-state index is -0.0730. The van der Waals surface area contributed by atoms with Gasteiger partial charge in [-0.15, -0.1) is 0 Å². The van der Waals surface area contributed by atoms with Gasteiger partial charge in [-0.1, -0.05) is 27.2 Å². The number of nitrogens with one attached hydrogen (secondary N) is 1. The lowest BCUT2D eigenvalue weighted by molar-refractivity contribution is -0.00559. The Morgan fingerprint density at radius 1 is 1.29 bits per heavy atom. The predicted octanol–water partition coefficient (Wildman–Crippen LogP) is 2.95. The van der Waals surface area contributed by atoms with Gasteiger partial charge in [0.05, 0.1) is 6.10 Å². The lowest BCUT2D eigenvalue weighted by Gasteiger charge is -2.44. The van der Waals surface area contributed by atoms with E-state index >= 15 is 0 Å². The quantitative estimate of drug-likeness (QED) is 0.776. The molecule has 4 atom stereocenters. The van der Waals surface area contributed by atoms with E-state index in [1.165, 1.54) is 32.1 Å². The van der Waals surface area contributed by atoms with Gasteiger partial charge in [-0.25, -0.2) is 0 Å². The average Bonchev–Trinajstić information content (AvgIpc) is 2.32. The van der Waals surface area contributed by atoms with Gasteiger partial charge in [0.1, 0.15) is 0 Å². The summed E-state index contributed by atoms with van der Waals surface area (Å²) in [6, 6.07) is 0.559. The molecule has 0 aromatic rings. The zero-order chi connectivity index (χ0) is 12.5. The van der Waals surface area contributed by atoms with Crippen LogP contribution in [0.4, 0.5) is 0 Å². The van der Waals surface area contributed by atoms with Gasteiger partial charge in [-0.3, -0.25) is 0 Å². The number of hydrogen-bond donors (Lipinski definition) is 2. The monoisotopic (exact) mass is 239 g/mol. The van der Waals surface area contributed by atoms with Crippen molar-refractivity contribution in [1.82, 2.24) is 5.32 Å². The van der Waals surface area contributed by atoms with Gasteiger partial charge in [0.15, 0.2) is 0 Å². The summed E-state index contributed by atoms with van der Waals surface area (Å²) in [4.78, 5) is 0. The van der Waals surface area contributed by atoms with Gasteiger partial charge in [0, 0.05) is 12.0 Å². The second kappa shape index (κ2) is 5.27. The van der Waals surface area contributed by atoms with Gasteiger partial charge >= 0.3 is 0 Å². The van der Waals surface area contributed by atoms with Crippen molar-refractivity contribution in [2.75, 3.05) is 6.54 Å². The van der Waals surface area contributed by atoms with Crippen LogP contribution in [0.5, 0.6) is 0 Å². The molecule has 0 aromatic carbocycles. The molecule has 0 amide bonds. The normalized spacial score (nSPS) is 42.4. The van der Waals surface area contributed by atoms with Crippen molar-refractivity contribution in [3.05, 3.63) is 0 Å². The molecular weight excluding hydrogens is 210 g/mol. The largest absolute Gasteiger partial charge is 0.393 e. The van der Waals surface area contributed by atoms with E-state index in [0.29, 0.717) is 17.4 Å². The number of aliphatic hydroxyl groups is 1. The highest BCUT2D eigenvalue weighted by atomic mass is 16.3. The molecule has 0 aromatic heterocycles. The topological polar surface area (TPSA) is 32.3 Å². The van der Waals surface area contributed by atoms with E-state index in [1.807, 2.05) is 0 Å². The van der Waals surface area contributed by atoms with Gasteiger partial charge in [0.25, 0.3) is 0 Å². The Labute approximate surface area is 106 Å². The van der Waals surface area contributed by atoms with Crippen LogP contribution >= 0.6 is 0 Å². The fourth-order valence-electron chi connectivity index (χ4n) is 3.77. The number of hydrogen-bond acceptors (Lipinski definition) is 2. The van der Waals surface area contributed by atoms with Crippen molar-refractivity contribution < 1.29 is 5.11 Å². The van der Waals surface area contributed by atoms with Crippen LogP contribution in [0, 0.1) is 17.3 Å². The molecule has 2 N–H and O–H groups in total. The molecule has 2 nitrogen and oxygen atoms in total. The van der Waals surface area contributed by atoms with Crippen molar-refractivity contribution in [2.24, 2.45) is 17.3 Å². The van der Waals surface area contributed by atoms with Crippen LogP contribution in [-0.2, 0) is 0 Å². The summed E-state index contributed by atoms with van der Waals surface area (Å²) >= 11 is 0. The summed E-state index contributed by atoms with van der Waals surface area (Å²) in [6.07, 6.45) is 7.16. The molecule has 100 valence electrons. The summed E-state index contributed by atoms with van der Waals surface area (Å²) in [5.41, 5.74) is 0.421. The van der Waals surface area contributed by atoms with Crippen molar-refractivity contribution in [3.63, 3.8) is 0 Å². The van der Waals surface area contributed by atoms with Crippen molar-refractivity contribution >= 4 is 0 Å². The van der Waals surface area contributed by atoms with E-state index in [-0.39, 0.29) is 6.10 Å². The Hall–Kier alpha value is -0.0800. The van der Waals surface area contributed by atoms with E-state index in [9.17, 15) is 5.11 Å². The zero-order valence-corrected chi connectivity index (χ0v) is 11.7. The summed E-state index contributed by atoms with van der Waals surface area (Å²) < 4.78 is 0. The Morgan fingerprint density at radius 3 is 2.76 bits per heavy atom. The predicted molar refractivity (Wildman–Crippen MR) is 71.9 cm³/mol. The van der Waals surface area contributed by atoms with E-state index in [1.54, 1.807) is 0 Å². The minimum Gasteiger partial charge on any atom is -0.393 e. The molecule has 2 heteroatoms. The molecule has 2 fully saturated rings. The molecule has 4 unspecified atom stereocenters. The molecule has 17 heavy (non-hydrogen) atoms. The van der Waals surface area contributed by atoms with Crippen LogP contribution in [-0.4, -0.2) is 23.8 Å². The van der Waals surface area contributed by atoms with Crippen LogP contribution < -0.4 is 5.32 Å². The van der Waals surface area contributed by atoms with Gasteiger partial charge < -0.3 is 10.4 Å². The molecular formula is C15H29NO. The molecule has 1 heterocycles. The first-order valence-corrected chi connectivity index (χ1v) is 7.43. The Morgan fingerprint density at radius 2 is 2.06 bits per heavy atom. The minimum absolute atomic E-state index is 0.0730. The second-order valence-corrected chi connectivity index (χ2v) is 7.00. The summed E-state index contributed by atoms with van der Waals surface area (Å²) in [5.74, 6) is 1.35. The second-order valence-electron chi connectivity index (χ2n) is 7.00. The van der Waals surface area contributed by atoms with Crippen molar-refractivity contribution in [1.29, 1.82) is 0 Å². The Balaban J connectivity index is 1.99. The zero-order valence-electron chi connectivity index (χ0n) is 11.7. The first-order chi connectivity index (χ1) is 8.02. The molecule has 1 aliphatic carbocycles. The standard InChI is InChI=1S/C15H29NO/c1-4-11-6-8-16-13(9-11)12-10-15(2,3)7-5-14(12)17/h11-14,16-17H,4-10H2,1-3H3. The average molecular weight is 239 g/mol. The molecule has 2 rings (SSSR count). The van der Waals surface area contributed by atoms with E-state index in [2.05, 4.69) is 26.1 Å². The highest BCUT2D eigenvalue weighted by molar-refractivity contribution is 4.93. The maximum atomic E-state index is 10.3. The molecule has 0 bridgehead atoms. The van der Waals surface area contributed by atoms with Crippen LogP contribution in [0.15, 0.2) is 0 Å². The summed E-state index contributed by atoms with van der Waals surface area (Å²) in [5, 5.41) is 13.9. The molecule has 0 radical (unpaired) electrons. The van der Waals surface area contributed by atoms with E-state index in [0.717, 1.165) is 18.9 Å². The molecule has 1 saturated carbocycles.